The van der Waals surface area contributed by atoms with Crippen LogP contribution in [0.5, 0.6) is 0 Å². The third-order valence-electron chi connectivity index (χ3n) is 5.01. The van der Waals surface area contributed by atoms with E-state index in [0.717, 1.165) is 19.1 Å². The number of ether oxygens (including phenoxy) is 1. The first-order valence-electron chi connectivity index (χ1n) is 8.35. The highest BCUT2D eigenvalue weighted by Crippen LogP contribution is 2.39. The van der Waals surface area contributed by atoms with Gasteiger partial charge in [0.15, 0.2) is 0 Å². The first-order chi connectivity index (χ1) is 9.42. The van der Waals surface area contributed by atoms with Crippen LogP contribution in [-0.4, -0.2) is 50.8 Å². The molecular weight excluding hydrogens is 248 g/mol. The fourth-order valence-corrected chi connectivity index (χ4v) is 3.64. The van der Waals surface area contributed by atoms with Gasteiger partial charge in [-0.15, -0.1) is 0 Å². The summed E-state index contributed by atoms with van der Waals surface area (Å²) >= 11 is 0. The van der Waals surface area contributed by atoms with Gasteiger partial charge in [-0.1, -0.05) is 27.2 Å². The molecule has 0 bridgehead atoms. The van der Waals surface area contributed by atoms with E-state index in [-0.39, 0.29) is 0 Å². The molecule has 0 radical (unpaired) electrons. The Morgan fingerprint density at radius 1 is 1.40 bits per heavy atom. The summed E-state index contributed by atoms with van der Waals surface area (Å²) in [5.74, 6) is 0.759. The number of rotatable bonds is 8. The summed E-state index contributed by atoms with van der Waals surface area (Å²) in [6, 6.07) is 1.14. The average molecular weight is 284 g/mol. The minimum Gasteiger partial charge on any atom is -0.383 e. The van der Waals surface area contributed by atoms with Crippen molar-refractivity contribution in [3.8, 4) is 0 Å². The molecule has 1 aliphatic rings. The third-order valence-corrected chi connectivity index (χ3v) is 5.01. The lowest BCUT2D eigenvalue weighted by molar-refractivity contribution is 0.0573. The minimum absolute atomic E-state index is 0.420. The van der Waals surface area contributed by atoms with Gasteiger partial charge in [0, 0.05) is 25.7 Å². The second-order valence-electron chi connectivity index (χ2n) is 7.32. The van der Waals surface area contributed by atoms with E-state index >= 15 is 0 Å². The summed E-state index contributed by atoms with van der Waals surface area (Å²) in [5, 5.41) is 3.83. The Labute approximate surface area is 126 Å². The summed E-state index contributed by atoms with van der Waals surface area (Å²) in [7, 11) is 4.03. The topological polar surface area (TPSA) is 24.5 Å². The molecule has 0 aromatic carbocycles. The van der Waals surface area contributed by atoms with Crippen LogP contribution in [0, 0.1) is 11.3 Å². The minimum atomic E-state index is 0.420. The number of nitrogens with one attached hydrogen (secondary N) is 1. The molecule has 1 saturated carbocycles. The predicted octanol–water partition coefficient (Wildman–Crippen LogP) is 3.15. The molecule has 0 aromatic heterocycles. The highest BCUT2D eigenvalue weighted by Gasteiger charge is 2.38. The lowest BCUT2D eigenvalue weighted by Crippen LogP contribution is -2.53. The normalized spacial score (nSPS) is 27.8. The molecule has 120 valence electrons. The standard InChI is InChI=1S/C17H36N2O/c1-7-11-18-16-15(9-8-10-17(16,3)4)12-19(5)14(2)13-20-6/h14-16,18H,7-13H2,1-6H3. The number of nitrogens with zero attached hydrogens (tertiary/aromatic N) is 1. The maximum Gasteiger partial charge on any atom is 0.0615 e. The van der Waals surface area contributed by atoms with Gasteiger partial charge in [-0.25, -0.2) is 0 Å². The molecule has 1 N–H and O–H groups in total. The number of likely N-dealkylation sites (N-methyl/N-ethyl adjacent to an activating group) is 1. The first kappa shape index (κ1) is 17.9. The number of hydrogen-bond acceptors (Lipinski definition) is 3. The van der Waals surface area contributed by atoms with Crippen LogP contribution in [0.25, 0.3) is 0 Å². The Morgan fingerprint density at radius 3 is 2.70 bits per heavy atom. The van der Waals surface area contributed by atoms with Crippen LogP contribution in [0.2, 0.25) is 0 Å². The average Bonchev–Trinajstić information content (AvgIpc) is 2.37. The molecule has 0 aliphatic heterocycles. The monoisotopic (exact) mass is 284 g/mol. The maximum absolute atomic E-state index is 5.29. The molecule has 3 heteroatoms. The van der Waals surface area contributed by atoms with Gasteiger partial charge in [0.05, 0.1) is 6.61 Å². The van der Waals surface area contributed by atoms with E-state index in [1.807, 2.05) is 0 Å². The van der Waals surface area contributed by atoms with Gasteiger partial charge in [-0.2, -0.15) is 0 Å². The Hall–Kier alpha value is -0.120. The number of methoxy groups -OCH3 is 1. The third kappa shape index (κ3) is 5.01. The van der Waals surface area contributed by atoms with Crippen molar-refractivity contribution >= 4 is 0 Å². The molecule has 0 amide bonds. The summed E-state index contributed by atoms with van der Waals surface area (Å²) in [5.41, 5.74) is 0.420. The second kappa shape index (κ2) is 8.35. The zero-order chi connectivity index (χ0) is 15.2. The summed E-state index contributed by atoms with van der Waals surface area (Å²) in [6.07, 6.45) is 5.29. The first-order valence-corrected chi connectivity index (χ1v) is 8.35. The lowest BCUT2D eigenvalue weighted by atomic mass is 9.67. The van der Waals surface area contributed by atoms with E-state index in [9.17, 15) is 0 Å². The van der Waals surface area contributed by atoms with Gasteiger partial charge in [0.2, 0.25) is 0 Å². The molecule has 3 nitrogen and oxygen atoms in total. The molecule has 1 aliphatic carbocycles. The summed E-state index contributed by atoms with van der Waals surface area (Å²) in [4.78, 5) is 2.47. The van der Waals surface area contributed by atoms with Crippen molar-refractivity contribution < 1.29 is 4.74 Å². The van der Waals surface area contributed by atoms with Crippen molar-refractivity contribution in [3.05, 3.63) is 0 Å². The predicted molar refractivity (Wildman–Crippen MR) is 87.2 cm³/mol. The van der Waals surface area contributed by atoms with Crippen molar-refractivity contribution in [3.63, 3.8) is 0 Å². The van der Waals surface area contributed by atoms with Crippen molar-refractivity contribution in [1.82, 2.24) is 10.2 Å². The van der Waals surface area contributed by atoms with Crippen LogP contribution < -0.4 is 5.32 Å². The molecule has 1 rings (SSSR count). The number of hydrogen-bond donors (Lipinski definition) is 1. The second-order valence-corrected chi connectivity index (χ2v) is 7.32. The van der Waals surface area contributed by atoms with Gasteiger partial charge < -0.3 is 15.0 Å². The highest BCUT2D eigenvalue weighted by molar-refractivity contribution is 4.94. The highest BCUT2D eigenvalue weighted by atomic mass is 16.5. The van der Waals surface area contributed by atoms with Crippen molar-refractivity contribution in [1.29, 1.82) is 0 Å². The van der Waals surface area contributed by atoms with Gasteiger partial charge in [0.1, 0.15) is 0 Å². The van der Waals surface area contributed by atoms with E-state index in [0.29, 0.717) is 17.5 Å². The van der Waals surface area contributed by atoms with E-state index in [1.165, 1.54) is 32.2 Å². The molecule has 0 saturated heterocycles. The molecule has 3 unspecified atom stereocenters. The van der Waals surface area contributed by atoms with Crippen LogP contribution in [0.1, 0.15) is 53.4 Å². The van der Waals surface area contributed by atoms with Gasteiger partial charge in [-0.05, 0) is 51.1 Å². The van der Waals surface area contributed by atoms with E-state index in [2.05, 4.69) is 45.0 Å². The Balaban J connectivity index is 2.63. The molecule has 0 aromatic rings. The molecule has 1 fully saturated rings. The van der Waals surface area contributed by atoms with Gasteiger partial charge >= 0.3 is 0 Å². The van der Waals surface area contributed by atoms with Crippen molar-refractivity contribution in [2.75, 3.05) is 33.9 Å². The summed E-state index contributed by atoms with van der Waals surface area (Å²) < 4.78 is 5.29. The van der Waals surface area contributed by atoms with Crippen LogP contribution in [0.15, 0.2) is 0 Å². The van der Waals surface area contributed by atoms with Gasteiger partial charge in [0.25, 0.3) is 0 Å². The van der Waals surface area contributed by atoms with Crippen LogP contribution >= 0.6 is 0 Å². The lowest BCUT2D eigenvalue weighted by Gasteiger charge is -2.46. The zero-order valence-corrected chi connectivity index (χ0v) is 14.5. The van der Waals surface area contributed by atoms with Crippen molar-refractivity contribution in [2.24, 2.45) is 11.3 Å². The van der Waals surface area contributed by atoms with Crippen LogP contribution in [0.4, 0.5) is 0 Å². The van der Waals surface area contributed by atoms with Gasteiger partial charge in [-0.3, -0.25) is 0 Å². The Kier molecular flexibility index (Phi) is 7.49. The fraction of sp³-hybridized carbons (Fsp3) is 1.00. The molecule has 0 spiro atoms. The van der Waals surface area contributed by atoms with Crippen molar-refractivity contribution in [2.45, 2.75) is 65.5 Å². The fourth-order valence-electron chi connectivity index (χ4n) is 3.64. The Bertz CT molecular complexity index is 268. The summed E-state index contributed by atoms with van der Waals surface area (Å²) in [6.45, 7) is 12.5. The largest absolute Gasteiger partial charge is 0.383 e. The molecule has 3 atom stereocenters. The Morgan fingerprint density at radius 2 is 2.10 bits per heavy atom. The zero-order valence-electron chi connectivity index (χ0n) is 14.5. The quantitative estimate of drug-likeness (QED) is 0.741. The SMILES string of the molecule is CCCNC1C(CN(C)C(C)COC)CCCC1(C)C. The molecule has 20 heavy (non-hydrogen) atoms. The molecule has 0 heterocycles. The smallest absolute Gasteiger partial charge is 0.0615 e. The maximum atomic E-state index is 5.29. The van der Waals surface area contributed by atoms with E-state index in [1.54, 1.807) is 7.11 Å². The molecular formula is C17H36N2O. The van der Waals surface area contributed by atoms with Crippen LogP contribution in [0.3, 0.4) is 0 Å². The van der Waals surface area contributed by atoms with E-state index in [4.69, 9.17) is 4.74 Å². The van der Waals surface area contributed by atoms with E-state index < -0.39 is 0 Å². The van der Waals surface area contributed by atoms with Crippen LogP contribution in [-0.2, 0) is 4.74 Å².